The lowest BCUT2D eigenvalue weighted by Crippen LogP contribution is -2.18. The minimum absolute atomic E-state index is 0.701. The molecule has 2 aromatic rings. The van der Waals surface area contributed by atoms with Gasteiger partial charge in [-0.1, -0.05) is 60.7 Å². The lowest BCUT2D eigenvalue weighted by molar-refractivity contribution is 0.585. The average Bonchev–Trinajstić information content (AvgIpc) is 2.46. The minimum atomic E-state index is -2.28. The first kappa shape index (κ1) is 11.5. The Kier molecular flexibility index (Phi) is 2.72. The Morgan fingerprint density at radius 1 is 0.889 bits per heavy atom. The monoisotopic (exact) mass is 254 g/mol. The highest BCUT2D eigenvalue weighted by Crippen LogP contribution is 2.65. The summed E-state index contributed by atoms with van der Waals surface area (Å²) in [4.78, 5) is 0. The van der Waals surface area contributed by atoms with Crippen LogP contribution in [0.1, 0.15) is 12.5 Å². The molecule has 2 heteroatoms. The van der Waals surface area contributed by atoms with Crippen LogP contribution in [0.4, 0.5) is 0 Å². The fraction of sp³-hybridized carbons (Fsp3) is 0.125. The van der Waals surface area contributed by atoms with Gasteiger partial charge in [0.1, 0.15) is 7.14 Å². The molecule has 0 radical (unpaired) electrons. The zero-order valence-electron chi connectivity index (χ0n) is 10.3. The Balaban J connectivity index is 2.03. The molecular formula is C16H15OP. The third-order valence-corrected chi connectivity index (χ3v) is 6.90. The summed E-state index contributed by atoms with van der Waals surface area (Å²) in [6.45, 7) is 2.01. The minimum Gasteiger partial charge on any atom is -0.314 e. The molecule has 1 aliphatic heterocycles. The third-order valence-electron chi connectivity index (χ3n) is 3.65. The Morgan fingerprint density at radius 3 is 2.00 bits per heavy atom. The van der Waals surface area contributed by atoms with Crippen LogP contribution in [0.25, 0.3) is 5.57 Å². The third kappa shape index (κ3) is 1.67. The van der Waals surface area contributed by atoms with Crippen molar-refractivity contribution in [2.24, 2.45) is 0 Å². The van der Waals surface area contributed by atoms with E-state index in [0.717, 1.165) is 10.6 Å². The van der Waals surface area contributed by atoms with Crippen molar-refractivity contribution in [3.63, 3.8) is 0 Å². The van der Waals surface area contributed by atoms with Crippen LogP contribution < -0.4 is 5.30 Å². The molecule has 1 atom stereocenters. The van der Waals surface area contributed by atoms with E-state index in [4.69, 9.17) is 0 Å². The molecule has 0 fully saturated rings. The molecule has 0 aliphatic carbocycles. The first-order valence-electron chi connectivity index (χ1n) is 6.12. The first-order chi connectivity index (χ1) is 8.72. The molecule has 1 unspecified atom stereocenters. The summed E-state index contributed by atoms with van der Waals surface area (Å²) in [6, 6.07) is 20.1. The van der Waals surface area contributed by atoms with Gasteiger partial charge in [-0.3, -0.25) is 0 Å². The summed E-state index contributed by atoms with van der Waals surface area (Å²) in [5.41, 5.74) is 2.46. The Morgan fingerprint density at radius 2 is 1.44 bits per heavy atom. The van der Waals surface area contributed by atoms with Crippen LogP contribution in [0.3, 0.4) is 0 Å². The molecule has 1 aliphatic rings. The molecule has 90 valence electrons. The highest BCUT2D eigenvalue weighted by molar-refractivity contribution is 7.78. The zero-order chi connectivity index (χ0) is 12.6. The molecule has 0 spiro atoms. The summed E-state index contributed by atoms with van der Waals surface area (Å²) in [5.74, 6) is 0. The molecule has 0 amide bonds. The van der Waals surface area contributed by atoms with Gasteiger partial charge in [-0.05, 0) is 23.4 Å². The second kappa shape index (κ2) is 4.26. The lowest BCUT2D eigenvalue weighted by atomic mass is 10.1. The fourth-order valence-electron chi connectivity index (χ4n) is 2.48. The van der Waals surface area contributed by atoms with Gasteiger partial charge in [0.2, 0.25) is 0 Å². The zero-order valence-corrected chi connectivity index (χ0v) is 11.2. The molecule has 18 heavy (non-hydrogen) atoms. The van der Waals surface area contributed by atoms with E-state index in [1.165, 1.54) is 11.1 Å². The van der Waals surface area contributed by atoms with Crippen molar-refractivity contribution in [2.45, 2.75) is 6.92 Å². The first-order valence-corrected chi connectivity index (χ1v) is 8.01. The van der Waals surface area contributed by atoms with E-state index in [2.05, 4.69) is 12.1 Å². The van der Waals surface area contributed by atoms with Crippen molar-refractivity contribution in [2.75, 3.05) is 6.16 Å². The van der Waals surface area contributed by atoms with E-state index in [9.17, 15) is 4.57 Å². The van der Waals surface area contributed by atoms with Crippen LogP contribution in [0, 0.1) is 0 Å². The van der Waals surface area contributed by atoms with E-state index < -0.39 is 7.14 Å². The molecule has 1 heterocycles. The van der Waals surface area contributed by atoms with Crippen molar-refractivity contribution in [1.82, 2.24) is 0 Å². The van der Waals surface area contributed by atoms with Gasteiger partial charge in [0.15, 0.2) is 0 Å². The van der Waals surface area contributed by atoms with Crippen LogP contribution in [0.5, 0.6) is 0 Å². The van der Waals surface area contributed by atoms with E-state index in [-0.39, 0.29) is 0 Å². The van der Waals surface area contributed by atoms with Gasteiger partial charge in [0, 0.05) is 11.5 Å². The molecule has 0 bridgehead atoms. The maximum absolute atomic E-state index is 12.9. The van der Waals surface area contributed by atoms with Gasteiger partial charge < -0.3 is 4.57 Å². The molecule has 1 nitrogen and oxygen atoms in total. The molecule has 3 rings (SSSR count). The summed E-state index contributed by atoms with van der Waals surface area (Å²) < 4.78 is 12.9. The van der Waals surface area contributed by atoms with Crippen molar-refractivity contribution in [3.8, 4) is 0 Å². The summed E-state index contributed by atoms with van der Waals surface area (Å²) in [7, 11) is -2.28. The maximum atomic E-state index is 12.9. The van der Waals surface area contributed by atoms with Gasteiger partial charge in [0.25, 0.3) is 0 Å². The molecule has 0 aromatic heterocycles. The number of hydrogen-bond donors (Lipinski definition) is 0. The molecule has 0 N–H and O–H groups in total. The largest absolute Gasteiger partial charge is 0.314 e. The quantitative estimate of drug-likeness (QED) is 0.737. The van der Waals surface area contributed by atoms with Gasteiger partial charge in [-0.2, -0.15) is 0 Å². The van der Waals surface area contributed by atoms with E-state index >= 15 is 0 Å². The highest BCUT2D eigenvalue weighted by Gasteiger charge is 2.39. The second-order valence-electron chi connectivity index (χ2n) is 4.66. The van der Waals surface area contributed by atoms with Crippen LogP contribution in [0.2, 0.25) is 0 Å². The van der Waals surface area contributed by atoms with Crippen LogP contribution in [-0.2, 0) is 4.57 Å². The topological polar surface area (TPSA) is 17.1 Å². The smallest absolute Gasteiger partial charge is 0.143 e. The standard InChI is InChI=1S/C16H15OP/c1-13-16(14-8-4-2-5-9-14)12-18(13,17)15-10-6-3-7-11-15/h2-11H,12H2,1H3. The maximum Gasteiger partial charge on any atom is 0.143 e. The SMILES string of the molecule is CC1=C(c2ccccc2)CP1(=O)c1ccccc1. The Hall–Kier alpha value is -1.59. The lowest BCUT2D eigenvalue weighted by Gasteiger charge is -2.32. The molecule has 2 aromatic carbocycles. The van der Waals surface area contributed by atoms with Crippen LogP contribution in [0.15, 0.2) is 66.0 Å². The van der Waals surface area contributed by atoms with E-state index in [1.54, 1.807) is 0 Å². The van der Waals surface area contributed by atoms with Gasteiger partial charge in [-0.25, -0.2) is 0 Å². The Labute approximate surface area is 108 Å². The average molecular weight is 254 g/mol. The fourth-order valence-corrected chi connectivity index (χ4v) is 5.18. The number of allylic oxidation sites excluding steroid dienone is 2. The van der Waals surface area contributed by atoms with Crippen molar-refractivity contribution < 1.29 is 4.57 Å². The number of rotatable bonds is 2. The van der Waals surface area contributed by atoms with Gasteiger partial charge in [0.05, 0.1) is 0 Å². The Bertz CT molecular complexity index is 641. The van der Waals surface area contributed by atoms with E-state index in [0.29, 0.717) is 6.16 Å². The van der Waals surface area contributed by atoms with Crippen molar-refractivity contribution in [1.29, 1.82) is 0 Å². The van der Waals surface area contributed by atoms with Crippen molar-refractivity contribution >= 4 is 18.0 Å². The number of hydrogen-bond acceptors (Lipinski definition) is 1. The van der Waals surface area contributed by atoms with Crippen LogP contribution >= 0.6 is 7.14 Å². The second-order valence-corrected chi connectivity index (χ2v) is 7.65. The van der Waals surface area contributed by atoms with Gasteiger partial charge >= 0.3 is 0 Å². The summed E-state index contributed by atoms with van der Waals surface area (Å²) in [6.07, 6.45) is 0.701. The summed E-state index contributed by atoms with van der Waals surface area (Å²) >= 11 is 0. The molecule has 0 saturated heterocycles. The molecular weight excluding hydrogens is 239 g/mol. The number of benzene rings is 2. The predicted octanol–water partition coefficient (Wildman–Crippen LogP) is 4.12. The van der Waals surface area contributed by atoms with Crippen LogP contribution in [-0.4, -0.2) is 6.16 Å². The molecule has 0 saturated carbocycles. The van der Waals surface area contributed by atoms with Crippen molar-refractivity contribution in [3.05, 3.63) is 71.5 Å². The summed E-state index contributed by atoms with van der Waals surface area (Å²) in [5, 5.41) is 2.06. The predicted molar refractivity (Wildman–Crippen MR) is 77.6 cm³/mol. The van der Waals surface area contributed by atoms with Gasteiger partial charge in [-0.15, -0.1) is 0 Å². The highest BCUT2D eigenvalue weighted by atomic mass is 31.2. The normalized spacial score (nSPS) is 22.7. The van der Waals surface area contributed by atoms with E-state index in [1.807, 2.05) is 55.5 Å².